The van der Waals surface area contributed by atoms with Crippen LogP contribution in [0, 0.1) is 0 Å². The van der Waals surface area contributed by atoms with Crippen molar-refractivity contribution in [2.24, 2.45) is 0 Å². The minimum absolute atomic E-state index is 0.112. The van der Waals surface area contributed by atoms with Crippen LogP contribution in [0.3, 0.4) is 0 Å². The van der Waals surface area contributed by atoms with Crippen LogP contribution >= 0.6 is 15.9 Å². The molecular formula is C15H12BrN5O. The summed E-state index contributed by atoms with van der Waals surface area (Å²) in [5, 5.41) is 2.72. The van der Waals surface area contributed by atoms with Crippen LogP contribution in [0.2, 0.25) is 0 Å². The highest BCUT2D eigenvalue weighted by molar-refractivity contribution is 9.10. The number of imidazole rings is 1. The highest BCUT2D eigenvalue weighted by Crippen LogP contribution is 2.14. The summed E-state index contributed by atoms with van der Waals surface area (Å²) in [5.41, 5.74) is 1.10. The molecule has 0 saturated carbocycles. The second-order valence-corrected chi connectivity index (χ2v) is 5.45. The molecule has 1 amide bonds. The van der Waals surface area contributed by atoms with Crippen molar-refractivity contribution in [3.05, 3.63) is 71.0 Å². The number of amides is 1. The molecular weight excluding hydrogens is 346 g/mol. The zero-order valence-electron chi connectivity index (χ0n) is 11.5. The molecule has 1 aromatic carbocycles. The first-order valence-electron chi connectivity index (χ1n) is 6.56. The fourth-order valence-corrected chi connectivity index (χ4v) is 2.19. The maximum absolute atomic E-state index is 12.1. The van der Waals surface area contributed by atoms with Crippen molar-refractivity contribution in [2.75, 3.05) is 5.32 Å². The highest BCUT2D eigenvalue weighted by atomic mass is 79.9. The molecule has 0 aliphatic heterocycles. The maximum Gasteiger partial charge on any atom is 0.295 e. The zero-order valence-corrected chi connectivity index (χ0v) is 13.1. The van der Waals surface area contributed by atoms with Gasteiger partial charge in [0.25, 0.3) is 5.91 Å². The molecule has 7 heteroatoms. The lowest BCUT2D eigenvalue weighted by atomic mass is 10.2. The fraction of sp³-hybridized carbons (Fsp3) is 0.0667. The number of anilines is 1. The second-order valence-electron chi connectivity index (χ2n) is 4.53. The average Bonchev–Trinajstić information content (AvgIpc) is 2.97. The third-order valence-corrected chi connectivity index (χ3v) is 3.50. The molecule has 3 rings (SSSR count). The minimum Gasteiger partial charge on any atom is -0.313 e. The Balaban J connectivity index is 1.75. The van der Waals surface area contributed by atoms with Crippen LogP contribution in [0.1, 0.15) is 16.2 Å². The number of carbonyl (C=O) groups is 1. The lowest BCUT2D eigenvalue weighted by molar-refractivity contribution is 0.101. The molecule has 0 aliphatic rings. The monoisotopic (exact) mass is 357 g/mol. The van der Waals surface area contributed by atoms with Crippen LogP contribution in [0.15, 0.2) is 59.6 Å². The summed E-state index contributed by atoms with van der Waals surface area (Å²) < 4.78 is 2.88. The molecule has 110 valence electrons. The van der Waals surface area contributed by atoms with Crippen LogP contribution in [0.5, 0.6) is 0 Å². The van der Waals surface area contributed by atoms with Gasteiger partial charge in [-0.1, -0.05) is 28.1 Å². The molecule has 0 unspecified atom stereocenters. The lowest BCUT2D eigenvalue weighted by Crippen LogP contribution is -2.18. The van der Waals surface area contributed by atoms with Gasteiger partial charge in [0.2, 0.25) is 11.8 Å². The first kappa shape index (κ1) is 14.4. The number of rotatable bonds is 4. The molecule has 2 aromatic heterocycles. The Bertz CT molecular complexity index is 770. The summed E-state index contributed by atoms with van der Waals surface area (Å²) in [6.07, 6.45) is 6.50. The second kappa shape index (κ2) is 6.48. The molecule has 0 atom stereocenters. The number of halogens is 1. The largest absolute Gasteiger partial charge is 0.313 e. The molecule has 0 spiro atoms. The summed E-state index contributed by atoms with van der Waals surface area (Å²) in [4.78, 5) is 24.1. The summed E-state index contributed by atoms with van der Waals surface area (Å²) in [5.74, 6) is 0.185. The molecule has 0 saturated heterocycles. The van der Waals surface area contributed by atoms with Crippen molar-refractivity contribution in [3.8, 4) is 0 Å². The lowest BCUT2D eigenvalue weighted by Gasteiger charge is -2.08. The Hall–Kier alpha value is -2.54. The van der Waals surface area contributed by atoms with Gasteiger partial charge >= 0.3 is 0 Å². The SMILES string of the molecule is O=C(Nc1nccn1Cc1ccc(Br)cc1)c1ncccn1. The van der Waals surface area contributed by atoms with Crippen LogP contribution in [0.4, 0.5) is 5.95 Å². The summed E-state index contributed by atoms with van der Waals surface area (Å²) >= 11 is 3.41. The van der Waals surface area contributed by atoms with Gasteiger partial charge in [-0.15, -0.1) is 0 Å². The molecule has 0 bridgehead atoms. The molecule has 1 N–H and O–H groups in total. The van der Waals surface area contributed by atoms with E-state index < -0.39 is 0 Å². The van der Waals surface area contributed by atoms with Gasteiger partial charge < -0.3 is 4.57 Å². The molecule has 3 aromatic rings. The van der Waals surface area contributed by atoms with E-state index in [1.54, 1.807) is 12.3 Å². The number of hydrogen-bond acceptors (Lipinski definition) is 4. The number of hydrogen-bond donors (Lipinski definition) is 1. The van der Waals surface area contributed by atoms with Gasteiger partial charge in [-0.25, -0.2) is 15.0 Å². The number of aromatic nitrogens is 4. The summed E-state index contributed by atoms with van der Waals surface area (Å²) in [6.45, 7) is 0.610. The smallest absolute Gasteiger partial charge is 0.295 e. The van der Waals surface area contributed by atoms with E-state index in [4.69, 9.17) is 0 Å². The van der Waals surface area contributed by atoms with E-state index in [0.29, 0.717) is 12.5 Å². The summed E-state index contributed by atoms with van der Waals surface area (Å²) in [6, 6.07) is 9.63. The molecule has 0 aliphatic carbocycles. The minimum atomic E-state index is -0.385. The van der Waals surface area contributed by atoms with E-state index in [1.807, 2.05) is 35.0 Å². The van der Waals surface area contributed by atoms with Gasteiger partial charge in [-0.3, -0.25) is 10.1 Å². The van der Waals surface area contributed by atoms with Gasteiger partial charge in [0.1, 0.15) is 0 Å². The molecule has 0 fully saturated rings. The Morgan fingerprint density at radius 3 is 2.55 bits per heavy atom. The predicted molar refractivity (Wildman–Crippen MR) is 85.5 cm³/mol. The van der Waals surface area contributed by atoms with Gasteiger partial charge in [-0.05, 0) is 23.8 Å². The average molecular weight is 358 g/mol. The van der Waals surface area contributed by atoms with Crippen molar-refractivity contribution in [3.63, 3.8) is 0 Å². The number of benzene rings is 1. The van der Waals surface area contributed by atoms with Crippen LogP contribution in [-0.2, 0) is 6.54 Å². The van der Waals surface area contributed by atoms with Crippen molar-refractivity contribution in [1.82, 2.24) is 19.5 Å². The van der Waals surface area contributed by atoms with Crippen molar-refractivity contribution in [1.29, 1.82) is 0 Å². The normalized spacial score (nSPS) is 10.4. The topological polar surface area (TPSA) is 72.7 Å². The standard InChI is InChI=1S/C15H12BrN5O/c16-12-4-2-11(3-5-12)10-21-9-8-19-15(21)20-14(22)13-17-6-1-7-18-13/h1-9H,10H2,(H,19,20,22). The summed E-state index contributed by atoms with van der Waals surface area (Å²) in [7, 11) is 0. The van der Waals surface area contributed by atoms with E-state index in [-0.39, 0.29) is 11.7 Å². The van der Waals surface area contributed by atoms with E-state index in [1.165, 1.54) is 12.4 Å². The van der Waals surface area contributed by atoms with Gasteiger partial charge in [0.05, 0.1) is 6.54 Å². The van der Waals surface area contributed by atoms with Crippen LogP contribution in [-0.4, -0.2) is 25.4 Å². The van der Waals surface area contributed by atoms with Gasteiger partial charge in [-0.2, -0.15) is 0 Å². The number of nitrogens with one attached hydrogen (secondary N) is 1. The van der Waals surface area contributed by atoms with Gasteiger partial charge in [0.15, 0.2) is 0 Å². The van der Waals surface area contributed by atoms with E-state index in [2.05, 4.69) is 36.2 Å². The Labute approximate surface area is 135 Å². The number of nitrogens with zero attached hydrogens (tertiary/aromatic N) is 4. The maximum atomic E-state index is 12.1. The molecule has 6 nitrogen and oxygen atoms in total. The first-order valence-corrected chi connectivity index (χ1v) is 7.35. The fourth-order valence-electron chi connectivity index (χ4n) is 1.92. The van der Waals surface area contributed by atoms with Crippen LogP contribution in [0.25, 0.3) is 0 Å². The Morgan fingerprint density at radius 2 is 1.82 bits per heavy atom. The van der Waals surface area contributed by atoms with Crippen LogP contribution < -0.4 is 5.32 Å². The Kier molecular flexibility index (Phi) is 4.24. The predicted octanol–water partition coefficient (Wildman–Crippen LogP) is 2.74. The third-order valence-electron chi connectivity index (χ3n) is 2.98. The van der Waals surface area contributed by atoms with Crippen molar-refractivity contribution >= 4 is 27.8 Å². The van der Waals surface area contributed by atoms with Gasteiger partial charge in [0, 0.05) is 29.3 Å². The van der Waals surface area contributed by atoms with Crippen molar-refractivity contribution in [2.45, 2.75) is 6.54 Å². The molecule has 0 radical (unpaired) electrons. The van der Waals surface area contributed by atoms with E-state index in [0.717, 1.165) is 10.0 Å². The zero-order chi connectivity index (χ0) is 15.4. The third kappa shape index (κ3) is 3.37. The quantitative estimate of drug-likeness (QED) is 0.778. The first-order chi connectivity index (χ1) is 10.7. The van der Waals surface area contributed by atoms with Crippen molar-refractivity contribution < 1.29 is 4.79 Å². The highest BCUT2D eigenvalue weighted by Gasteiger charge is 2.12. The van der Waals surface area contributed by atoms with E-state index in [9.17, 15) is 4.79 Å². The molecule has 2 heterocycles. The van der Waals surface area contributed by atoms with E-state index >= 15 is 0 Å². The number of carbonyl (C=O) groups excluding carboxylic acids is 1. The Morgan fingerprint density at radius 1 is 1.09 bits per heavy atom. The molecule has 22 heavy (non-hydrogen) atoms.